The minimum absolute atomic E-state index is 0.139. The number of nitrogens with one attached hydrogen (secondary N) is 1. The van der Waals surface area contributed by atoms with Crippen molar-refractivity contribution in [3.8, 4) is 0 Å². The van der Waals surface area contributed by atoms with Crippen molar-refractivity contribution in [2.45, 2.75) is 45.1 Å². The first-order chi connectivity index (χ1) is 8.32. The van der Waals surface area contributed by atoms with Crippen LogP contribution in [0.1, 0.15) is 20.8 Å². The Kier molecular flexibility index (Phi) is 5.33. The normalized spacial score (nSPS) is 31.7. The Morgan fingerprint density at radius 3 is 2.44 bits per heavy atom. The Balaban J connectivity index is 2.40. The zero-order valence-corrected chi connectivity index (χ0v) is 10.9. The van der Waals surface area contributed by atoms with E-state index in [0.717, 1.165) is 0 Å². The first kappa shape index (κ1) is 15.2. The van der Waals surface area contributed by atoms with Crippen LogP contribution < -0.4 is 5.32 Å². The topological polar surface area (TPSA) is 102 Å². The Morgan fingerprint density at radius 2 is 2.00 bits per heavy atom. The molecular weight excluding hydrogens is 240 g/mol. The van der Waals surface area contributed by atoms with E-state index in [1.807, 2.05) is 13.8 Å². The molecule has 18 heavy (non-hydrogen) atoms. The number of aliphatic hydroxyl groups is 2. The Bertz CT molecular complexity index is 287. The van der Waals surface area contributed by atoms with Crippen LogP contribution in [0, 0.1) is 5.92 Å². The van der Waals surface area contributed by atoms with Crippen molar-refractivity contribution < 1.29 is 25.0 Å². The highest BCUT2D eigenvalue weighted by atomic mass is 16.6. The molecule has 0 unspecified atom stereocenters. The number of carbonyl (C=O) groups is 1. The Morgan fingerprint density at radius 1 is 1.39 bits per heavy atom. The number of rotatable bonds is 4. The molecule has 0 bridgehead atoms. The average molecular weight is 262 g/mol. The van der Waals surface area contributed by atoms with Gasteiger partial charge in [-0.2, -0.15) is 5.06 Å². The van der Waals surface area contributed by atoms with Crippen molar-refractivity contribution in [3.05, 3.63) is 0 Å². The minimum Gasteiger partial charge on any atom is -0.448 e. The predicted molar refractivity (Wildman–Crippen MR) is 63.1 cm³/mol. The summed E-state index contributed by atoms with van der Waals surface area (Å²) in [6.45, 7) is 5.56. The van der Waals surface area contributed by atoms with E-state index in [9.17, 15) is 20.2 Å². The van der Waals surface area contributed by atoms with E-state index in [4.69, 9.17) is 4.74 Å². The van der Waals surface area contributed by atoms with Gasteiger partial charge >= 0.3 is 6.09 Å². The largest absolute Gasteiger partial charge is 0.448 e. The molecule has 7 nitrogen and oxygen atoms in total. The van der Waals surface area contributed by atoms with Crippen LogP contribution in [0.4, 0.5) is 4.79 Å². The third-order valence-electron chi connectivity index (χ3n) is 2.87. The molecule has 106 valence electrons. The van der Waals surface area contributed by atoms with Crippen LogP contribution in [0.3, 0.4) is 0 Å². The van der Waals surface area contributed by atoms with E-state index >= 15 is 0 Å². The number of amides is 1. The molecule has 1 fully saturated rings. The molecule has 0 spiro atoms. The van der Waals surface area contributed by atoms with E-state index in [1.165, 1.54) is 0 Å². The number of carbonyl (C=O) groups excluding carboxylic acids is 1. The lowest BCUT2D eigenvalue weighted by atomic mass is 10.1. The molecule has 1 aliphatic rings. The number of hydrogen-bond acceptors (Lipinski definition) is 6. The summed E-state index contributed by atoms with van der Waals surface area (Å²) in [4.78, 5) is 11.4. The van der Waals surface area contributed by atoms with Gasteiger partial charge in [0.1, 0.15) is 0 Å². The smallest absolute Gasteiger partial charge is 0.433 e. The van der Waals surface area contributed by atoms with Crippen LogP contribution in [0.25, 0.3) is 0 Å². The standard InChI is InChI=1S/C11H22N2O5/c1-6(2)5-18-11(16)13(17)4-8-10(15)9(14)7(3)12-8/h6-10,12,14-15,17H,4-5H2,1-3H3/t7-,8+,9+,10+/m0/s1. The van der Waals surface area contributed by atoms with Gasteiger partial charge in [0.2, 0.25) is 0 Å². The van der Waals surface area contributed by atoms with Crippen LogP contribution in [0.5, 0.6) is 0 Å². The molecule has 1 rings (SSSR count). The minimum atomic E-state index is -1.02. The summed E-state index contributed by atoms with van der Waals surface area (Å²) in [5, 5.41) is 32.0. The maximum Gasteiger partial charge on any atom is 0.433 e. The van der Waals surface area contributed by atoms with Gasteiger partial charge in [0.25, 0.3) is 0 Å². The molecule has 0 saturated carbocycles. The van der Waals surface area contributed by atoms with Crippen molar-refractivity contribution in [1.82, 2.24) is 10.4 Å². The molecule has 1 amide bonds. The van der Waals surface area contributed by atoms with Crippen molar-refractivity contribution in [1.29, 1.82) is 0 Å². The fraction of sp³-hybridized carbons (Fsp3) is 0.909. The summed E-state index contributed by atoms with van der Waals surface area (Å²) in [7, 11) is 0. The summed E-state index contributed by atoms with van der Waals surface area (Å²) in [5.41, 5.74) is 0. The third kappa shape index (κ3) is 3.81. The number of ether oxygens (including phenoxy) is 1. The maximum absolute atomic E-state index is 11.4. The highest BCUT2D eigenvalue weighted by molar-refractivity contribution is 5.66. The molecule has 1 aliphatic heterocycles. The lowest BCUT2D eigenvalue weighted by Crippen LogP contribution is -2.45. The lowest BCUT2D eigenvalue weighted by molar-refractivity contribution is -0.0882. The van der Waals surface area contributed by atoms with Gasteiger partial charge < -0.3 is 20.3 Å². The highest BCUT2D eigenvalue weighted by Crippen LogP contribution is 2.15. The molecule has 0 aromatic carbocycles. The molecular formula is C11H22N2O5. The predicted octanol–water partition coefficient (Wildman–Crippen LogP) is -0.448. The Labute approximate surface area is 106 Å². The number of aliphatic hydroxyl groups excluding tert-OH is 2. The van der Waals surface area contributed by atoms with Gasteiger partial charge in [-0.25, -0.2) is 4.79 Å². The van der Waals surface area contributed by atoms with Crippen LogP contribution in [0.15, 0.2) is 0 Å². The van der Waals surface area contributed by atoms with Crippen molar-refractivity contribution in [2.24, 2.45) is 5.92 Å². The second-order valence-corrected chi connectivity index (χ2v) is 5.10. The van der Waals surface area contributed by atoms with Gasteiger partial charge in [0.15, 0.2) is 0 Å². The number of hydrogen-bond donors (Lipinski definition) is 4. The zero-order chi connectivity index (χ0) is 13.9. The lowest BCUT2D eigenvalue weighted by Gasteiger charge is -2.21. The quantitative estimate of drug-likeness (QED) is 0.404. The average Bonchev–Trinajstić information content (AvgIpc) is 2.53. The molecule has 4 N–H and O–H groups in total. The monoisotopic (exact) mass is 262 g/mol. The van der Waals surface area contributed by atoms with E-state index in [1.54, 1.807) is 6.92 Å². The molecule has 4 atom stereocenters. The van der Waals surface area contributed by atoms with Gasteiger partial charge in [0, 0.05) is 6.04 Å². The molecule has 7 heteroatoms. The van der Waals surface area contributed by atoms with Crippen molar-refractivity contribution >= 4 is 6.09 Å². The van der Waals surface area contributed by atoms with Gasteiger partial charge in [-0.15, -0.1) is 0 Å². The second-order valence-electron chi connectivity index (χ2n) is 5.10. The zero-order valence-electron chi connectivity index (χ0n) is 10.9. The summed E-state index contributed by atoms with van der Waals surface area (Å²) in [6, 6.07) is -0.864. The van der Waals surface area contributed by atoms with Crippen LogP contribution in [-0.2, 0) is 4.74 Å². The molecule has 0 aromatic rings. The highest BCUT2D eigenvalue weighted by Gasteiger charge is 2.39. The van der Waals surface area contributed by atoms with Crippen molar-refractivity contribution in [2.75, 3.05) is 13.2 Å². The van der Waals surface area contributed by atoms with E-state index in [2.05, 4.69) is 5.32 Å². The van der Waals surface area contributed by atoms with E-state index in [0.29, 0.717) is 5.06 Å². The summed E-state index contributed by atoms with van der Waals surface area (Å²) >= 11 is 0. The molecule has 1 saturated heterocycles. The van der Waals surface area contributed by atoms with Crippen LogP contribution >= 0.6 is 0 Å². The summed E-state index contributed by atoms with van der Waals surface area (Å²) < 4.78 is 4.83. The van der Waals surface area contributed by atoms with Gasteiger partial charge in [-0.3, -0.25) is 5.21 Å². The maximum atomic E-state index is 11.4. The molecule has 0 radical (unpaired) electrons. The summed E-state index contributed by atoms with van der Waals surface area (Å²) in [6.07, 6.45) is -2.78. The molecule has 1 heterocycles. The summed E-state index contributed by atoms with van der Waals surface area (Å²) in [5.74, 6) is 0.180. The first-order valence-corrected chi connectivity index (χ1v) is 6.08. The number of nitrogens with zero attached hydrogens (tertiary/aromatic N) is 1. The fourth-order valence-electron chi connectivity index (χ4n) is 1.80. The fourth-order valence-corrected chi connectivity index (χ4v) is 1.80. The van der Waals surface area contributed by atoms with Crippen LogP contribution in [0.2, 0.25) is 0 Å². The van der Waals surface area contributed by atoms with Crippen molar-refractivity contribution in [3.63, 3.8) is 0 Å². The first-order valence-electron chi connectivity index (χ1n) is 6.08. The van der Waals surface area contributed by atoms with Gasteiger partial charge in [-0.1, -0.05) is 13.8 Å². The van der Waals surface area contributed by atoms with Gasteiger partial charge in [-0.05, 0) is 12.8 Å². The molecule has 0 aromatic heterocycles. The molecule has 0 aliphatic carbocycles. The van der Waals surface area contributed by atoms with E-state index in [-0.39, 0.29) is 25.1 Å². The van der Waals surface area contributed by atoms with Crippen LogP contribution in [-0.4, -0.2) is 64.0 Å². The number of hydroxylamine groups is 2. The van der Waals surface area contributed by atoms with E-state index < -0.39 is 24.3 Å². The second kappa shape index (κ2) is 6.33. The van der Waals surface area contributed by atoms with Gasteiger partial charge in [0.05, 0.1) is 31.4 Å². The Hall–Kier alpha value is -0.890. The SMILES string of the molecule is CC(C)COC(=O)N(O)C[C@H]1N[C@@H](C)[C@@H](O)[C@@H]1O. The third-order valence-corrected chi connectivity index (χ3v) is 2.87.